The van der Waals surface area contributed by atoms with E-state index in [1.807, 2.05) is 43.3 Å². The average Bonchev–Trinajstić information content (AvgIpc) is 2.91. The van der Waals surface area contributed by atoms with Crippen LogP contribution in [0.2, 0.25) is 5.02 Å². The van der Waals surface area contributed by atoms with E-state index in [4.69, 9.17) is 33.0 Å². The predicted octanol–water partition coefficient (Wildman–Crippen LogP) is 5.72. The van der Waals surface area contributed by atoms with Gasteiger partial charge in [-0.3, -0.25) is 0 Å². The molecule has 0 aliphatic heterocycles. The van der Waals surface area contributed by atoms with Gasteiger partial charge in [-0.1, -0.05) is 37.2 Å². The number of furan rings is 1. The van der Waals surface area contributed by atoms with Crippen LogP contribution in [0, 0.1) is 0 Å². The van der Waals surface area contributed by atoms with Crippen molar-refractivity contribution in [2.75, 3.05) is 6.54 Å². The van der Waals surface area contributed by atoms with Crippen molar-refractivity contribution in [3.63, 3.8) is 0 Å². The molecule has 0 bridgehead atoms. The van der Waals surface area contributed by atoms with Crippen molar-refractivity contribution in [1.29, 1.82) is 0 Å². The van der Waals surface area contributed by atoms with Crippen molar-refractivity contribution in [3.8, 4) is 5.75 Å². The zero-order valence-electron chi connectivity index (χ0n) is 13.8. The minimum atomic E-state index is -0.179. The molecule has 0 saturated heterocycles. The number of nitrogens with one attached hydrogen (secondary N) is 1. The summed E-state index contributed by atoms with van der Waals surface area (Å²) in [6.45, 7) is 5.00. The third-order valence-electron chi connectivity index (χ3n) is 3.92. The van der Waals surface area contributed by atoms with Gasteiger partial charge in [0, 0.05) is 28.4 Å². The first-order chi connectivity index (χ1) is 11.6. The van der Waals surface area contributed by atoms with Crippen molar-refractivity contribution in [1.82, 2.24) is 5.32 Å². The van der Waals surface area contributed by atoms with Gasteiger partial charge in [-0.25, -0.2) is 0 Å². The minimum Gasteiger partial charge on any atom is -0.484 e. The Morgan fingerprint density at radius 1 is 1.21 bits per heavy atom. The summed E-state index contributed by atoms with van der Waals surface area (Å²) >= 11 is 11.4. The highest BCUT2D eigenvalue weighted by atomic mass is 35.5. The molecular formula is C19H20ClNO2S. The van der Waals surface area contributed by atoms with E-state index in [2.05, 4.69) is 12.2 Å². The summed E-state index contributed by atoms with van der Waals surface area (Å²) in [6.07, 6.45) is 2.06. The Balaban J connectivity index is 1.80. The van der Waals surface area contributed by atoms with Gasteiger partial charge in [0.25, 0.3) is 0 Å². The second-order valence-electron chi connectivity index (χ2n) is 5.81. The number of unbranched alkanes of at least 4 members (excludes halogenated alkanes) is 1. The van der Waals surface area contributed by atoms with E-state index in [9.17, 15) is 0 Å². The van der Waals surface area contributed by atoms with Gasteiger partial charge in [-0.2, -0.15) is 0 Å². The molecule has 5 heteroatoms. The van der Waals surface area contributed by atoms with E-state index >= 15 is 0 Å². The van der Waals surface area contributed by atoms with Crippen molar-refractivity contribution in [3.05, 3.63) is 41.4 Å². The Morgan fingerprint density at radius 2 is 2.04 bits per heavy atom. The normalized spacial score (nSPS) is 12.5. The smallest absolute Gasteiger partial charge is 0.146 e. The van der Waals surface area contributed by atoms with Crippen LogP contribution in [0.5, 0.6) is 5.75 Å². The molecule has 1 N–H and O–H groups in total. The Morgan fingerprint density at radius 3 is 2.83 bits per heavy atom. The molecule has 1 heterocycles. The number of rotatable bonds is 6. The maximum absolute atomic E-state index is 6.03. The summed E-state index contributed by atoms with van der Waals surface area (Å²) in [5.41, 5.74) is 1.59. The highest BCUT2D eigenvalue weighted by Crippen LogP contribution is 2.33. The molecule has 1 aromatic heterocycles. The summed E-state index contributed by atoms with van der Waals surface area (Å²) in [4.78, 5) is 0.729. The predicted molar refractivity (Wildman–Crippen MR) is 104 cm³/mol. The molecule has 0 aliphatic rings. The SMILES string of the molecule is CCCCNC(=S)C(C)Oc1ccc2oc3cc(Cl)ccc3c2c1. The lowest BCUT2D eigenvalue weighted by Gasteiger charge is -2.17. The van der Waals surface area contributed by atoms with Crippen molar-refractivity contribution < 1.29 is 9.15 Å². The fraction of sp³-hybridized carbons (Fsp3) is 0.316. The molecule has 1 unspecified atom stereocenters. The van der Waals surface area contributed by atoms with E-state index in [1.165, 1.54) is 0 Å². The molecule has 3 aromatic rings. The second-order valence-corrected chi connectivity index (χ2v) is 6.68. The summed E-state index contributed by atoms with van der Waals surface area (Å²) in [5.74, 6) is 0.771. The fourth-order valence-electron chi connectivity index (χ4n) is 2.59. The standard InChI is InChI=1S/C19H20ClNO2S/c1-3-4-9-21-19(24)12(2)22-14-6-8-17-16(11-14)15-7-5-13(20)10-18(15)23-17/h5-8,10-12H,3-4,9H2,1-2H3,(H,21,24). The first-order valence-corrected chi connectivity index (χ1v) is 8.93. The number of thiocarbonyl (C=S) groups is 1. The Bertz CT molecular complexity index is 874. The van der Waals surface area contributed by atoms with Crippen LogP contribution in [0.25, 0.3) is 21.9 Å². The van der Waals surface area contributed by atoms with E-state index in [1.54, 1.807) is 0 Å². The molecule has 0 spiro atoms. The first kappa shape index (κ1) is 17.1. The van der Waals surface area contributed by atoms with Gasteiger partial charge >= 0.3 is 0 Å². The van der Waals surface area contributed by atoms with Gasteiger partial charge in [0.05, 0.1) is 0 Å². The van der Waals surface area contributed by atoms with E-state index < -0.39 is 0 Å². The van der Waals surface area contributed by atoms with Crippen LogP contribution in [0.1, 0.15) is 26.7 Å². The lowest BCUT2D eigenvalue weighted by Crippen LogP contribution is -2.35. The van der Waals surface area contributed by atoms with Crippen LogP contribution in [-0.2, 0) is 0 Å². The highest BCUT2D eigenvalue weighted by Gasteiger charge is 2.13. The molecule has 126 valence electrons. The summed E-state index contributed by atoms with van der Waals surface area (Å²) < 4.78 is 11.8. The Hall–Kier alpha value is -1.78. The number of hydrogen-bond donors (Lipinski definition) is 1. The molecule has 0 fully saturated rings. The maximum atomic E-state index is 6.03. The van der Waals surface area contributed by atoms with Gasteiger partial charge < -0.3 is 14.5 Å². The molecule has 1 atom stereocenters. The van der Waals surface area contributed by atoms with Gasteiger partial charge in [0.2, 0.25) is 0 Å². The molecular weight excluding hydrogens is 342 g/mol. The van der Waals surface area contributed by atoms with Gasteiger partial charge in [0.15, 0.2) is 0 Å². The maximum Gasteiger partial charge on any atom is 0.146 e. The largest absolute Gasteiger partial charge is 0.484 e. The molecule has 0 radical (unpaired) electrons. The van der Waals surface area contributed by atoms with Crippen LogP contribution < -0.4 is 10.1 Å². The van der Waals surface area contributed by atoms with Gasteiger partial charge in [-0.05, 0) is 43.7 Å². The van der Waals surface area contributed by atoms with E-state index in [0.717, 1.165) is 52.1 Å². The van der Waals surface area contributed by atoms with E-state index in [0.29, 0.717) is 5.02 Å². The van der Waals surface area contributed by atoms with Gasteiger partial charge in [-0.15, -0.1) is 0 Å². The van der Waals surface area contributed by atoms with Crippen molar-refractivity contribution in [2.24, 2.45) is 0 Å². The fourth-order valence-corrected chi connectivity index (χ4v) is 2.91. The lowest BCUT2D eigenvalue weighted by molar-refractivity contribution is 0.285. The molecule has 3 nitrogen and oxygen atoms in total. The monoisotopic (exact) mass is 361 g/mol. The summed E-state index contributed by atoms with van der Waals surface area (Å²) in [5, 5.41) is 5.94. The second kappa shape index (κ2) is 7.41. The molecule has 0 amide bonds. The van der Waals surface area contributed by atoms with Crippen LogP contribution in [-0.4, -0.2) is 17.6 Å². The lowest BCUT2D eigenvalue weighted by atomic mass is 10.1. The van der Waals surface area contributed by atoms with Crippen LogP contribution >= 0.6 is 23.8 Å². The molecule has 0 aliphatic carbocycles. The summed E-state index contributed by atoms with van der Waals surface area (Å²) in [6, 6.07) is 11.5. The zero-order chi connectivity index (χ0) is 17.1. The van der Waals surface area contributed by atoms with Crippen molar-refractivity contribution >= 4 is 50.7 Å². The average molecular weight is 362 g/mol. The zero-order valence-corrected chi connectivity index (χ0v) is 15.3. The summed E-state index contributed by atoms with van der Waals surface area (Å²) in [7, 11) is 0. The van der Waals surface area contributed by atoms with Gasteiger partial charge in [0.1, 0.15) is 28.0 Å². The highest BCUT2D eigenvalue weighted by molar-refractivity contribution is 7.80. The number of hydrogen-bond acceptors (Lipinski definition) is 3. The van der Waals surface area contributed by atoms with Crippen molar-refractivity contribution in [2.45, 2.75) is 32.8 Å². The third-order valence-corrected chi connectivity index (χ3v) is 4.63. The minimum absolute atomic E-state index is 0.179. The molecule has 0 saturated carbocycles. The number of benzene rings is 2. The van der Waals surface area contributed by atoms with Crippen LogP contribution in [0.4, 0.5) is 0 Å². The molecule has 2 aromatic carbocycles. The van der Waals surface area contributed by atoms with Crippen LogP contribution in [0.15, 0.2) is 40.8 Å². The number of fused-ring (bicyclic) bond motifs is 3. The topological polar surface area (TPSA) is 34.4 Å². The molecule has 3 rings (SSSR count). The third kappa shape index (κ3) is 3.65. The molecule has 24 heavy (non-hydrogen) atoms. The number of ether oxygens (including phenoxy) is 1. The van der Waals surface area contributed by atoms with Crippen LogP contribution in [0.3, 0.4) is 0 Å². The Labute approximate surface area is 151 Å². The Kier molecular flexibility index (Phi) is 5.27. The van der Waals surface area contributed by atoms with E-state index in [-0.39, 0.29) is 6.10 Å². The first-order valence-electron chi connectivity index (χ1n) is 8.14. The number of halogens is 1. The quantitative estimate of drug-likeness (QED) is 0.449.